The average molecular weight is 345 g/mol. The summed E-state index contributed by atoms with van der Waals surface area (Å²) in [5, 5.41) is 2.89. The molecule has 0 heterocycles. The van der Waals surface area contributed by atoms with Gasteiger partial charge in [0, 0.05) is 7.11 Å². The quantitative estimate of drug-likeness (QED) is 0.818. The fourth-order valence-electron chi connectivity index (χ4n) is 2.71. The van der Waals surface area contributed by atoms with E-state index < -0.39 is 12.8 Å². The van der Waals surface area contributed by atoms with Gasteiger partial charge in [0.1, 0.15) is 5.75 Å². The summed E-state index contributed by atoms with van der Waals surface area (Å²) in [4.78, 5) is 12.1. The fraction of sp³-hybridized carbons (Fsp3) is 0.588. The lowest BCUT2D eigenvalue weighted by molar-refractivity contribution is -0.153. The van der Waals surface area contributed by atoms with Crippen LogP contribution < -0.4 is 10.1 Å². The predicted octanol–water partition coefficient (Wildman–Crippen LogP) is 3.76. The fourth-order valence-corrected chi connectivity index (χ4v) is 2.71. The molecule has 1 aromatic carbocycles. The Bertz CT molecular complexity index is 548. The van der Waals surface area contributed by atoms with Gasteiger partial charge in [-0.3, -0.25) is 4.79 Å². The molecule has 1 aliphatic rings. The van der Waals surface area contributed by atoms with Gasteiger partial charge < -0.3 is 14.8 Å². The first-order valence-electron chi connectivity index (χ1n) is 7.87. The Labute approximate surface area is 139 Å². The highest BCUT2D eigenvalue weighted by atomic mass is 19.4. The van der Waals surface area contributed by atoms with E-state index in [1.165, 1.54) is 12.1 Å². The minimum Gasteiger partial charge on any atom is -0.484 e. The summed E-state index contributed by atoms with van der Waals surface area (Å²) in [5.74, 6) is 0.0452. The van der Waals surface area contributed by atoms with Crippen LogP contribution in [-0.2, 0) is 9.53 Å². The molecular formula is C17H22F3NO3. The molecule has 7 heteroatoms. The van der Waals surface area contributed by atoms with Gasteiger partial charge in [0.05, 0.1) is 18.1 Å². The normalized spacial score (nSPS) is 17.7. The molecule has 1 atom stereocenters. The van der Waals surface area contributed by atoms with Crippen LogP contribution in [0.3, 0.4) is 0 Å². The van der Waals surface area contributed by atoms with Crippen LogP contribution in [-0.4, -0.2) is 31.4 Å². The zero-order valence-electron chi connectivity index (χ0n) is 13.8. The Kier molecular flexibility index (Phi) is 5.74. The van der Waals surface area contributed by atoms with Crippen molar-refractivity contribution in [2.45, 2.75) is 50.4 Å². The summed E-state index contributed by atoms with van der Waals surface area (Å²) in [7, 11) is 1.62. The Balaban J connectivity index is 1.85. The van der Waals surface area contributed by atoms with Gasteiger partial charge in [-0.15, -0.1) is 0 Å². The molecule has 0 bridgehead atoms. The number of hydrogen-bond donors (Lipinski definition) is 1. The van der Waals surface area contributed by atoms with Crippen molar-refractivity contribution in [1.82, 2.24) is 5.32 Å². The van der Waals surface area contributed by atoms with Crippen molar-refractivity contribution in [3.05, 3.63) is 29.8 Å². The summed E-state index contributed by atoms with van der Waals surface area (Å²) in [6.07, 6.45) is -1.21. The molecule has 1 fully saturated rings. The lowest BCUT2D eigenvalue weighted by Crippen LogP contribution is -2.44. The van der Waals surface area contributed by atoms with Gasteiger partial charge >= 0.3 is 6.18 Å². The predicted molar refractivity (Wildman–Crippen MR) is 82.8 cm³/mol. The smallest absolute Gasteiger partial charge is 0.422 e. The van der Waals surface area contributed by atoms with Crippen LogP contribution in [0, 0.1) is 0 Å². The number of halogens is 3. The van der Waals surface area contributed by atoms with E-state index in [-0.39, 0.29) is 23.3 Å². The van der Waals surface area contributed by atoms with E-state index in [4.69, 9.17) is 4.74 Å². The van der Waals surface area contributed by atoms with Gasteiger partial charge in [-0.25, -0.2) is 0 Å². The molecule has 1 amide bonds. The minimum absolute atomic E-state index is 0.0959. The first-order chi connectivity index (χ1) is 11.2. The minimum atomic E-state index is -4.36. The van der Waals surface area contributed by atoms with Gasteiger partial charge in [-0.2, -0.15) is 13.2 Å². The second-order valence-electron chi connectivity index (χ2n) is 6.18. The highest BCUT2D eigenvalue weighted by molar-refractivity contribution is 5.77. The van der Waals surface area contributed by atoms with E-state index in [0.29, 0.717) is 6.42 Å². The number of methoxy groups -OCH3 is 1. The maximum absolute atomic E-state index is 12.1. The Hall–Kier alpha value is -1.76. The number of benzene rings is 1. The van der Waals surface area contributed by atoms with Crippen molar-refractivity contribution < 1.29 is 27.4 Å². The molecule has 0 unspecified atom stereocenters. The number of hydrogen-bond acceptors (Lipinski definition) is 3. The van der Waals surface area contributed by atoms with Crippen molar-refractivity contribution in [2.75, 3.05) is 13.7 Å². The molecule has 1 saturated carbocycles. The van der Waals surface area contributed by atoms with Crippen LogP contribution in [0.4, 0.5) is 13.2 Å². The monoisotopic (exact) mass is 345 g/mol. The van der Waals surface area contributed by atoms with Crippen molar-refractivity contribution in [1.29, 1.82) is 0 Å². The Morgan fingerprint density at radius 2 is 1.92 bits per heavy atom. The Morgan fingerprint density at radius 1 is 1.29 bits per heavy atom. The number of ether oxygens (including phenoxy) is 2. The molecule has 1 N–H and O–H groups in total. The third-order valence-corrected chi connectivity index (χ3v) is 4.34. The zero-order chi connectivity index (χ0) is 17.8. The summed E-state index contributed by atoms with van der Waals surface area (Å²) in [6.45, 7) is 0.501. The van der Waals surface area contributed by atoms with Gasteiger partial charge in [0.2, 0.25) is 5.91 Å². The molecule has 0 aromatic heterocycles. The molecule has 0 saturated heterocycles. The second-order valence-corrected chi connectivity index (χ2v) is 6.18. The van der Waals surface area contributed by atoms with Crippen LogP contribution in [0.2, 0.25) is 0 Å². The number of nitrogens with one attached hydrogen (secondary N) is 1. The summed E-state index contributed by atoms with van der Waals surface area (Å²) < 4.78 is 46.4. The van der Waals surface area contributed by atoms with Gasteiger partial charge in [-0.05, 0) is 43.9 Å². The molecule has 4 nitrogen and oxygen atoms in total. The first kappa shape index (κ1) is 18.6. The molecule has 24 heavy (non-hydrogen) atoms. The van der Waals surface area contributed by atoms with Crippen molar-refractivity contribution in [3.8, 4) is 5.75 Å². The molecular weight excluding hydrogens is 323 g/mol. The van der Waals surface area contributed by atoms with Crippen molar-refractivity contribution in [2.24, 2.45) is 0 Å². The topological polar surface area (TPSA) is 47.6 Å². The third kappa shape index (κ3) is 5.12. The van der Waals surface area contributed by atoms with E-state index in [9.17, 15) is 18.0 Å². The van der Waals surface area contributed by atoms with E-state index >= 15 is 0 Å². The number of carbonyl (C=O) groups is 1. The molecule has 1 aromatic rings. The SMILES string of the molecule is COC1(CC(=O)N[C@H](C)c2ccc(OCC(F)(F)F)cc2)CCC1. The van der Waals surface area contributed by atoms with Crippen LogP contribution in [0.1, 0.15) is 44.2 Å². The number of amides is 1. The maximum atomic E-state index is 12.1. The summed E-state index contributed by atoms with van der Waals surface area (Å²) >= 11 is 0. The van der Waals surface area contributed by atoms with E-state index in [1.54, 1.807) is 19.2 Å². The molecule has 0 spiro atoms. The number of carbonyl (C=O) groups excluding carboxylic acids is 1. The van der Waals surface area contributed by atoms with Gasteiger partial charge in [-0.1, -0.05) is 12.1 Å². The van der Waals surface area contributed by atoms with E-state index in [1.807, 2.05) is 6.92 Å². The number of alkyl halides is 3. The van der Waals surface area contributed by atoms with Crippen LogP contribution in [0.15, 0.2) is 24.3 Å². The zero-order valence-corrected chi connectivity index (χ0v) is 13.8. The van der Waals surface area contributed by atoms with Crippen LogP contribution in [0.5, 0.6) is 5.75 Å². The summed E-state index contributed by atoms with van der Waals surface area (Å²) in [6, 6.07) is 5.97. The maximum Gasteiger partial charge on any atom is 0.422 e. The first-order valence-corrected chi connectivity index (χ1v) is 7.87. The highest BCUT2D eigenvalue weighted by Crippen LogP contribution is 2.38. The lowest BCUT2D eigenvalue weighted by atomic mass is 9.77. The van der Waals surface area contributed by atoms with E-state index in [0.717, 1.165) is 24.8 Å². The highest BCUT2D eigenvalue weighted by Gasteiger charge is 2.39. The molecule has 1 aliphatic carbocycles. The summed E-state index contributed by atoms with van der Waals surface area (Å²) in [5.41, 5.74) is 0.460. The van der Waals surface area contributed by atoms with Crippen molar-refractivity contribution >= 4 is 5.91 Å². The van der Waals surface area contributed by atoms with Gasteiger partial charge in [0.15, 0.2) is 6.61 Å². The largest absolute Gasteiger partial charge is 0.484 e. The Morgan fingerprint density at radius 3 is 2.38 bits per heavy atom. The average Bonchev–Trinajstić information content (AvgIpc) is 2.48. The molecule has 2 rings (SSSR count). The van der Waals surface area contributed by atoms with Crippen LogP contribution in [0.25, 0.3) is 0 Å². The van der Waals surface area contributed by atoms with Gasteiger partial charge in [0.25, 0.3) is 0 Å². The second kappa shape index (κ2) is 7.42. The number of rotatable bonds is 7. The lowest BCUT2D eigenvalue weighted by Gasteiger charge is -2.40. The molecule has 0 radical (unpaired) electrons. The van der Waals surface area contributed by atoms with E-state index in [2.05, 4.69) is 10.1 Å². The van der Waals surface area contributed by atoms with Crippen LogP contribution >= 0.6 is 0 Å². The standard InChI is InChI=1S/C17H22F3NO3/c1-12(21-15(22)10-16(23-2)8-3-9-16)13-4-6-14(7-5-13)24-11-17(18,19)20/h4-7,12H,3,8-11H2,1-2H3,(H,21,22)/t12-/m1/s1. The molecule has 0 aliphatic heterocycles. The third-order valence-electron chi connectivity index (χ3n) is 4.34. The van der Waals surface area contributed by atoms with Crippen molar-refractivity contribution in [3.63, 3.8) is 0 Å². The molecule has 134 valence electrons.